The molecular formula is C19H24F3N7O. The fourth-order valence-corrected chi connectivity index (χ4v) is 4.16. The van der Waals surface area contributed by atoms with Gasteiger partial charge < -0.3 is 15.5 Å². The quantitative estimate of drug-likeness (QED) is 0.769. The van der Waals surface area contributed by atoms with Crippen molar-refractivity contribution in [3.8, 4) is 0 Å². The zero-order valence-electron chi connectivity index (χ0n) is 17.0. The number of nitrogens with zero attached hydrogens (tertiary/aromatic N) is 5. The van der Waals surface area contributed by atoms with Gasteiger partial charge in [-0.05, 0) is 38.2 Å². The average Bonchev–Trinajstić information content (AvgIpc) is 3.10. The normalized spacial score (nSPS) is 23.6. The molecule has 1 atom stereocenters. The van der Waals surface area contributed by atoms with E-state index in [2.05, 4.69) is 25.7 Å². The lowest BCUT2D eigenvalue weighted by Crippen LogP contribution is -2.46. The number of hydrogen-bond acceptors (Lipinski definition) is 6. The van der Waals surface area contributed by atoms with Crippen molar-refractivity contribution >= 4 is 23.4 Å². The van der Waals surface area contributed by atoms with E-state index in [1.54, 1.807) is 0 Å². The van der Waals surface area contributed by atoms with Gasteiger partial charge >= 0.3 is 6.18 Å². The second kappa shape index (κ2) is 7.44. The molecule has 0 aromatic carbocycles. The molecule has 2 aromatic rings. The van der Waals surface area contributed by atoms with Crippen LogP contribution in [0.25, 0.3) is 0 Å². The van der Waals surface area contributed by atoms with Gasteiger partial charge in [0.2, 0.25) is 11.9 Å². The molecule has 0 saturated heterocycles. The molecule has 11 heteroatoms. The number of alkyl halides is 3. The number of aryl methyl sites for hydroxylation is 1. The van der Waals surface area contributed by atoms with Gasteiger partial charge in [0.1, 0.15) is 17.4 Å². The van der Waals surface area contributed by atoms with Crippen molar-refractivity contribution in [2.75, 3.05) is 22.6 Å². The minimum absolute atomic E-state index is 0.0707. The summed E-state index contributed by atoms with van der Waals surface area (Å²) in [5.74, 6) is 1.16. The van der Waals surface area contributed by atoms with Crippen LogP contribution in [0.15, 0.2) is 12.3 Å². The maximum Gasteiger partial charge on any atom is 0.433 e. The Morgan fingerprint density at radius 1 is 1.30 bits per heavy atom. The van der Waals surface area contributed by atoms with Gasteiger partial charge in [0, 0.05) is 25.8 Å². The fourth-order valence-electron chi connectivity index (χ4n) is 4.16. The number of hydrogen-bond donors (Lipinski definition) is 2. The van der Waals surface area contributed by atoms with Gasteiger partial charge in [-0.1, -0.05) is 6.92 Å². The van der Waals surface area contributed by atoms with Gasteiger partial charge in [0.05, 0.1) is 5.69 Å². The molecule has 1 aliphatic carbocycles. The molecule has 1 aliphatic heterocycles. The predicted molar refractivity (Wildman–Crippen MR) is 105 cm³/mol. The Kier molecular flexibility index (Phi) is 5.07. The van der Waals surface area contributed by atoms with Gasteiger partial charge in [-0.2, -0.15) is 23.3 Å². The third-order valence-corrected chi connectivity index (χ3v) is 5.82. The number of likely N-dealkylation sites (N-methyl/N-ethyl adjacent to an activating group) is 1. The van der Waals surface area contributed by atoms with E-state index in [4.69, 9.17) is 0 Å². The molecule has 162 valence electrons. The summed E-state index contributed by atoms with van der Waals surface area (Å²) in [6.45, 7) is 3.99. The van der Waals surface area contributed by atoms with Crippen LogP contribution in [0.2, 0.25) is 0 Å². The number of aromatic nitrogens is 4. The molecule has 3 heterocycles. The average molecular weight is 423 g/mol. The molecule has 4 rings (SSSR count). The largest absolute Gasteiger partial charge is 0.433 e. The number of fused-ring (bicyclic) bond motifs is 1. The number of carbonyl (C=O) groups is 1. The van der Waals surface area contributed by atoms with Crippen molar-refractivity contribution < 1.29 is 18.0 Å². The molecular weight excluding hydrogens is 399 g/mol. The zero-order chi connectivity index (χ0) is 21.6. The summed E-state index contributed by atoms with van der Waals surface area (Å²) in [6, 6.07) is 0.796. The van der Waals surface area contributed by atoms with E-state index in [1.165, 1.54) is 6.20 Å². The van der Waals surface area contributed by atoms with Crippen LogP contribution in [0.1, 0.15) is 37.6 Å². The van der Waals surface area contributed by atoms with Gasteiger partial charge in [0.25, 0.3) is 0 Å². The highest BCUT2D eigenvalue weighted by Crippen LogP contribution is 2.36. The third kappa shape index (κ3) is 3.68. The molecule has 1 saturated carbocycles. The summed E-state index contributed by atoms with van der Waals surface area (Å²) >= 11 is 0. The third-order valence-electron chi connectivity index (χ3n) is 5.82. The number of halogens is 3. The van der Waals surface area contributed by atoms with E-state index in [9.17, 15) is 18.0 Å². The first-order valence-corrected chi connectivity index (χ1v) is 9.95. The summed E-state index contributed by atoms with van der Waals surface area (Å²) in [7, 11) is 1.84. The standard InChI is InChI=1S/C19H24F3N7O/c1-4-13-17(30)26-15-10(2)24-18(27-16(15)28(13)3)25-12-7-11(8-12)9-29-14(5-6-23-29)19(20,21)22/h5-6,11-13H,4,7-9H2,1-3H3,(H,26,30)(H,24,25,27)/t11?,12?,13-/m0/s1. The lowest BCUT2D eigenvalue weighted by atomic mass is 9.80. The van der Waals surface area contributed by atoms with Crippen molar-refractivity contribution in [2.45, 2.75) is 57.9 Å². The predicted octanol–water partition coefficient (Wildman–Crippen LogP) is 3.06. The van der Waals surface area contributed by atoms with Crippen LogP contribution in [0, 0.1) is 12.8 Å². The molecule has 30 heavy (non-hydrogen) atoms. The van der Waals surface area contributed by atoms with Crippen molar-refractivity contribution in [1.82, 2.24) is 19.7 Å². The zero-order valence-corrected chi connectivity index (χ0v) is 17.0. The van der Waals surface area contributed by atoms with Crippen LogP contribution in [-0.4, -0.2) is 44.8 Å². The maximum atomic E-state index is 13.0. The highest BCUT2D eigenvalue weighted by molar-refractivity contribution is 6.03. The minimum Gasteiger partial charge on any atom is -0.351 e. The molecule has 8 nitrogen and oxygen atoms in total. The minimum atomic E-state index is -4.40. The van der Waals surface area contributed by atoms with Crippen molar-refractivity contribution in [3.63, 3.8) is 0 Å². The molecule has 1 amide bonds. The number of rotatable bonds is 5. The summed E-state index contributed by atoms with van der Waals surface area (Å²) in [5, 5.41) is 9.97. The summed E-state index contributed by atoms with van der Waals surface area (Å²) in [5.41, 5.74) is 0.560. The smallest absolute Gasteiger partial charge is 0.351 e. The topological polar surface area (TPSA) is 88.0 Å². The second-order valence-electron chi connectivity index (χ2n) is 7.93. The first-order chi connectivity index (χ1) is 14.2. The Bertz CT molecular complexity index is 952. The molecule has 2 aliphatic rings. The van der Waals surface area contributed by atoms with Gasteiger partial charge in [-0.15, -0.1) is 0 Å². The summed E-state index contributed by atoms with van der Waals surface area (Å²) < 4.78 is 40.0. The molecule has 1 fully saturated rings. The van der Waals surface area contributed by atoms with E-state index in [0.717, 1.165) is 10.7 Å². The van der Waals surface area contributed by atoms with Crippen molar-refractivity contribution in [3.05, 3.63) is 23.7 Å². The number of amides is 1. The molecule has 0 radical (unpaired) electrons. The number of carbonyl (C=O) groups excluding carboxylic acids is 1. The molecule has 0 unspecified atom stereocenters. The Morgan fingerprint density at radius 3 is 2.70 bits per heavy atom. The Labute approximate surface area is 171 Å². The molecule has 0 spiro atoms. The second-order valence-corrected chi connectivity index (χ2v) is 7.93. The Morgan fingerprint density at radius 2 is 2.03 bits per heavy atom. The van der Waals surface area contributed by atoms with Crippen LogP contribution < -0.4 is 15.5 Å². The maximum absolute atomic E-state index is 13.0. The van der Waals surface area contributed by atoms with E-state index in [0.29, 0.717) is 42.4 Å². The van der Waals surface area contributed by atoms with Crippen molar-refractivity contribution in [1.29, 1.82) is 0 Å². The van der Waals surface area contributed by atoms with Crippen LogP contribution in [-0.2, 0) is 17.5 Å². The van der Waals surface area contributed by atoms with E-state index in [1.807, 2.05) is 25.8 Å². The number of anilines is 3. The van der Waals surface area contributed by atoms with Crippen LogP contribution in [0.4, 0.5) is 30.6 Å². The van der Waals surface area contributed by atoms with Gasteiger partial charge in [-0.3, -0.25) is 9.48 Å². The molecule has 2 aromatic heterocycles. The first kappa shape index (κ1) is 20.4. The van der Waals surface area contributed by atoms with E-state index < -0.39 is 11.9 Å². The monoisotopic (exact) mass is 423 g/mol. The first-order valence-electron chi connectivity index (χ1n) is 9.95. The summed E-state index contributed by atoms with van der Waals surface area (Å²) in [4.78, 5) is 23.1. The van der Waals surface area contributed by atoms with E-state index >= 15 is 0 Å². The summed E-state index contributed by atoms with van der Waals surface area (Å²) in [6.07, 6.45) is -1.14. The van der Waals surface area contributed by atoms with E-state index in [-0.39, 0.29) is 30.5 Å². The van der Waals surface area contributed by atoms with Gasteiger partial charge in [-0.25, -0.2) is 4.98 Å². The van der Waals surface area contributed by atoms with Crippen molar-refractivity contribution in [2.24, 2.45) is 5.92 Å². The molecule has 2 N–H and O–H groups in total. The lowest BCUT2D eigenvalue weighted by Gasteiger charge is -2.37. The molecule has 0 bridgehead atoms. The van der Waals surface area contributed by atoms with Crippen LogP contribution >= 0.6 is 0 Å². The van der Waals surface area contributed by atoms with Crippen LogP contribution in [0.5, 0.6) is 0 Å². The fraction of sp³-hybridized carbons (Fsp3) is 0.579. The Balaban J connectivity index is 1.40. The highest BCUT2D eigenvalue weighted by Gasteiger charge is 2.37. The van der Waals surface area contributed by atoms with Gasteiger partial charge in [0.15, 0.2) is 5.82 Å². The highest BCUT2D eigenvalue weighted by atomic mass is 19.4. The Hall–Kier alpha value is -2.85. The number of nitrogens with one attached hydrogen (secondary N) is 2. The lowest BCUT2D eigenvalue weighted by molar-refractivity contribution is -0.144. The van der Waals surface area contributed by atoms with Crippen LogP contribution in [0.3, 0.4) is 0 Å². The SMILES string of the molecule is CC[C@H]1C(=O)Nc2c(C)nc(NC3CC(Cn4nccc4C(F)(F)F)C3)nc2N1C.